The van der Waals surface area contributed by atoms with Crippen LogP contribution in [0.25, 0.3) is 21.0 Å². The van der Waals surface area contributed by atoms with Gasteiger partial charge in [-0.2, -0.15) is 0 Å². The van der Waals surface area contributed by atoms with Crippen molar-refractivity contribution in [1.82, 2.24) is 9.71 Å². The van der Waals surface area contributed by atoms with Crippen LogP contribution in [0.2, 0.25) is 0 Å². The van der Waals surface area contributed by atoms with Crippen LogP contribution >= 0.6 is 23.3 Å². The van der Waals surface area contributed by atoms with E-state index < -0.39 is 0 Å². The fourth-order valence-electron chi connectivity index (χ4n) is 2.75. The van der Waals surface area contributed by atoms with Crippen LogP contribution in [0.3, 0.4) is 0 Å². The molecule has 0 bridgehead atoms. The standard InChI is InChI=1S/C19H18N2O3S2.C7H8/c1-23-15-7-3-13(4-8-15)17-11-20-19(25-17)14-5-9-16(10-6-14)26-21-12-18(22)24-2;1-7-5-3-2-4-6-7/h3-11,21H,12H2,1-2H3;2-6H,1H3. The highest BCUT2D eigenvalue weighted by molar-refractivity contribution is 7.97. The van der Waals surface area contributed by atoms with Crippen LogP contribution in [0.1, 0.15) is 5.56 Å². The van der Waals surface area contributed by atoms with Gasteiger partial charge >= 0.3 is 5.97 Å². The second kappa shape index (κ2) is 12.8. The highest BCUT2D eigenvalue weighted by atomic mass is 32.2. The molecular formula is C26H26N2O3S2. The summed E-state index contributed by atoms with van der Waals surface area (Å²) in [6, 6.07) is 26.3. The van der Waals surface area contributed by atoms with Crippen LogP contribution in [-0.2, 0) is 9.53 Å². The predicted octanol–water partition coefficient (Wildman–Crippen LogP) is 6.25. The van der Waals surface area contributed by atoms with Crippen LogP contribution in [-0.4, -0.2) is 31.7 Å². The third-order valence-corrected chi connectivity index (χ3v) is 6.45. The monoisotopic (exact) mass is 478 g/mol. The molecule has 1 aromatic heterocycles. The van der Waals surface area contributed by atoms with Crippen molar-refractivity contribution in [2.45, 2.75) is 11.8 Å². The lowest BCUT2D eigenvalue weighted by molar-refractivity contribution is -0.139. The number of ether oxygens (including phenoxy) is 2. The van der Waals surface area contributed by atoms with Gasteiger partial charge in [-0.3, -0.25) is 4.79 Å². The number of aromatic nitrogens is 1. The first-order chi connectivity index (χ1) is 16.1. The number of thiazole rings is 1. The summed E-state index contributed by atoms with van der Waals surface area (Å²) >= 11 is 3.04. The highest BCUT2D eigenvalue weighted by Gasteiger charge is 2.07. The van der Waals surface area contributed by atoms with Gasteiger partial charge in [0, 0.05) is 16.7 Å². The first kappa shape index (κ1) is 24.5. The second-order valence-electron chi connectivity index (χ2n) is 6.94. The lowest BCUT2D eigenvalue weighted by Crippen LogP contribution is -2.17. The number of hydrogen-bond acceptors (Lipinski definition) is 7. The molecule has 0 spiro atoms. The molecule has 0 saturated heterocycles. The molecule has 4 aromatic rings. The number of nitrogens with zero attached hydrogens (tertiary/aromatic N) is 1. The largest absolute Gasteiger partial charge is 0.497 e. The maximum absolute atomic E-state index is 11.1. The topological polar surface area (TPSA) is 60.5 Å². The van der Waals surface area contributed by atoms with Gasteiger partial charge in [0.1, 0.15) is 17.3 Å². The summed E-state index contributed by atoms with van der Waals surface area (Å²) in [5, 5.41) is 0.967. The molecule has 0 aliphatic heterocycles. The normalized spacial score (nSPS) is 10.2. The molecule has 0 unspecified atom stereocenters. The number of nitrogens with one attached hydrogen (secondary N) is 1. The summed E-state index contributed by atoms with van der Waals surface area (Å²) in [5.74, 6) is 0.551. The molecule has 0 saturated carbocycles. The van der Waals surface area contributed by atoms with Crippen molar-refractivity contribution in [3.8, 4) is 26.8 Å². The lowest BCUT2D eigenvalue weighted by atomic mass is 10.2. The fourth-order valence-corrected chi connectivity index (χ4v) is 4.30. The van der Waals surface area contributed by atoms with Crippen molar-refractivity contribution in [2.75, 3.05) is 20.8 Å². The number of benzene rings is 3. The van der Waals surface area contributed by atoms with Crippen molar-refractivity contribution in [1.29, 1.82) is 0 Å². The minimum Gasteiger partial charge on any atom is -0.497 e. The molecule has 1 heterocycles. The number of aryl methyl sites for hydroxylation is 1. The Morgan fingerprint density at radius 2 is 1.61 bits per heavy atom. The van der Waals surface area contributed by atoms with Crippen molar-refractivity contribution in [3.05, 3.63) is 90.6 Å². The molecule has 1 N–H and O–H groups in total. The zero-order valence-electron chi connectivity index (χ0n) is 18.8. The second-order valence-corrected chi connectivity index (χ2v) is 8.93. The number of esters is 1. The SMILES string of the molecule is COC(=O)CNSc1ccc(-c2ncc(-c3ccc(OC)cc3)s2)cc1.Cc1ccccc1. The third kappa shape index (κ3) is 7.75. The van der Waals surface area contributed by atoms with Crippen LogP contribution in [0.15, 0.2) is 90.0 Å². The molecule has 0 atom stereocenters. The molecule has 0 aliphatic carbocycles. The van der Waals surface area contributed by atoms with Gasteiger partial charge in [0.15, 0.2) is 0 Å². The Bertz CT molecular complexity index is 1130. The maximum Gasteiger partial charge on any atom is 0.320 e. The van der Waals surface area contributed by atoms with Gasteiger partial charge < -0.3 is 9.47 Å². The van der Waals surface area contributed by atoms with Crippen LogP contribution in [0.5, 0.6) is 5.75 Å². The molecular weight excluding hydrogens is 452 g/mol. The summed E-state index contributed by atoms with van der Waals surface area (Å²) in [6.45, 7) is 2.25. The zero-order valence-corrected chi connectivity index (χ0v) is 20.4. The molecule has 170 valence electrons. The molecule has 5 nitrogen and oxygen atoms in total. The van der Waals surface area contributed by atoms with Gasteiger partial charge in [-0.1, -0.05) is 48.0 Å². The first-order valence-electron chi connectivity index (χ1n) is 10.3. The average molecular weight is 479 g/mol. The van der Waals surface area contributed by atoms with E-state index >= 15 is 0 Å². The van der Waals surface area contributed by atoms with Crippen molar-refractivity contribution in [2.24, 2.45) is 0 Å². The predicted molar refractivity (Wildman–Crippen MR) is 137 cm³/mol. The minimum absolute atomic E-state index is 0.167. The number of methoxy groups -OCH3 is 2. The molecule has 7 heteroatoms. The minimum atomic E-state index is -0.289. The van der Waals surface area contributed by atoms with E-state index in [9.17, 15) is 4.79 Å². The maximum atomic E-state index is 11.1. The summed E-state index contributed by atoms with van der Waals surface area (Å²) < 4.78 is 12.7. The van der Waals surface area contributed by atoms with Gasteiger partial charge in [0.25, 0.3) is 0 Å². The summed E-state index contributed by atoms with van der Waals surface area (Å²) in [4.78, 5) is 17.7. The van der Waals surface area contributed by atoms with Crippen LogP contribution in [0, 0.1) is 6.92 Å². The molecule has 33 heavy (non-hydrogen) atoms. The first-order valence-corrected chi connectivity index (χ1v) is 11.9. The van der Waals surface area contributed by atoms with Gasteiger partial charge in [-0.25, -0.2) is 9.71 Å². The summed E-state index contributed by atoms with van der Waals surface area (Å²) in [6.07, 6.45) is 1.89. The highest BCUT2D eigenvalue weighted by Crippen LogP contribution is 2.33. The number of carbonyl (C=O) groups is 1. The van der Waals surface area contributed by atoms with Crippen molar-refractivity contribution in [3.63, 3.8) is 0 Å². The lowest BCUT2D eigenvalue weighted by Gasteiger charge is -2.03. The van der Waals surface area contributed by atoms with Crippen LogP contribution < -0.4 is 9.46 Å². The molecule has 4 rings (SSSR count). The molecule has 0 radical (unpaired) electrons. The smallest absolute Gasteiger partial charge is 0.320 e. The van der Waals surface area contributed by atoms with E-state index in [4.69, 9.17) is 4.74 Å². The van der Waals surface area contributed by atoms with E-state index in [0.717, 1.165) is 31.7 Å². The Labute approximate surface area is 202 Å². The van der Waals surface area contributed by atoms with Gasteiger partial charge in [-0.15, -0.1) is 11.3 Å². The summed E-state index contributed by atoms with van der Waals surface area (Å²) in [5.41, 5.74) is 3.50. The third-order valence-electron chi connectivity index (χ3n) is 4.56. The molecule has 3 aromatic carbocycles. The van der Waals surface area contributed by atoms with E-state index in [-0.39, 0.29) is 12.5 Å². The van der Waals surface area contributed by atoms with E-state index in [1.165, 1.54) is 24.6 Å². The molecule has 0 amide bonds. The zero-order chi connectivity index (χ0) is 23.5. The Morgan fingerprint density at radius 3 is 2.18 bits per heavy atom. The average Bonchev–Trinajstić information content (AvgIpc) is 3.36. The van der Waals surface area contributed by atoms with Crippen molar-refractivity contribution < 1.29 is 14.3 Å². The Morgan fingerprint density at radius 1 is 0.939 bits per heavy atom. The van der Waals surface area contributed by atoms with E-state index in [0.29, 0.717) is 0 Å². The quantitative estimate of drug-likeness (QED) is 0.250. The van der Waals surface area contributed by atoms with E-state index in [2.05, 4.69) is 33.5 Å². The van der Waals surface area contributed by atoms with Gasteiger partial charge in [-0.05, 0) is 60.8 Å². The Balaban J connectivity index is 0.000000374. The van der Waals surface area contributed by atoms with Gasteiger partial charge in [0.05, 0.1) is 19.1 Å². The number of carbonyl (C=O) groups excluding carboxylic acids is 1. The molecule has 0 fully saturated rings. The number of rotatable bonds is 7. The number of hydrogen-bond donors (Lipinski definition) is 1. The summed E-state index contributed by atoms with van der Waals surface area (Å²) in [7, 11) is 3.03. The van der Waals surface area contributed by atoms with Gasteiger partial charge in [0.2, 0.25) is 0 Å². The Kier molecular flexibility index (Phi) is 9.50. The van der Waals surface area contributed by atoms with E-state index in [1.807, 2.05) is 72.9 Å². The van der Waals surface area contributed by atoms with Crippen LogP contribution in [0.4, 0.5) is 0 Å². The molecule has 0 aliphatic rings. The Hall–Kier alpha value is -3.13. The van der Waals surface area contributed by atoms with E-state index in [1.54, 1.807) is 18.4 Å². The van der Waals surface area contributed by atoms with Crippen molar-refractivity contribution >= 4 is 29.3 Å². The fraction of sp³-hybridized carbons (Fsp3) is 0.154.